The van der Waals surface area contributed by atoms with E-state index < -0.39 is 45.4 Å². The van der Waals surface area contributed by atoms with Crippen molar-refractivity contribution < 1.29 is 40.8 Å². The Bertz CT molecular complexity index is 486. The summed E-state index contributed by atoms with van der Waals surface area (Å²) in [5, 5.41) is -5.10. The quantitative estimate of drug-likeness (QED) is 0.580. The minimum atomic E-state index is -5.93. The van der Waals surface area contributed by atoms with Crippen molar-refractivity contribution in [2.24, 2.45) is 0 Å². The number of esters is 2. The first-order valence-electron chi connectivity index (χ1n) is 4.68. The lowest BCUT2D eigenvalue weighted by Gasteiger charge is -2.27. The van der Waals surface area contributed by atoms with Crippen molar-refractivity contribution in [1.29, 1.82) is 0 Å². The first-order chi connectivity index (χ1) is 7.90. The van der Waals surface area contributed by atoms with Crippen molar-refractivity contribution >= 4 is 22.1 Å². The highest BCUT2D eigenvalue weighted by Gasteiger charge is 2.58. The molecule has 1 rings (SSSR count). The lowest BCUT2D eigenvalue weighted by atomic mass is 9.99. The van der Waals surface area contributed by atoms with Crippen LogP contribution in [0.2, 0.25) is 0 Å². The van der Waals surface area contributed by atoms with Crippen LogP contribution in [0.1, 0.15) is 20.3 Å². The number of ether oxygens (including phenoxy) is 2. The van der Waals surface area contributed by atoms with Crippen LogP contribution in [-0.4, -0.2) is 41.9 Å². The number of rotatable bonds is 3. The molecule has 0 aromatic rings. The minimum Gasteiger partial charge on any atom is -0.458 e. The molecule has 2 atom stereocenters. The molecule has 10 heteroatoms. The second-order valence-corrected chi connectivity index (χ2v) is 5.47. The highest BCUT2D eigenvalue weighted by atomic mass is 32.2. The molecule has 0 saturated carbocycles. The predicted molar refractivity (Wildman–Crippen MR) is 51.2 cm³/mol. The third kappa shape index (κ3) is 2.43. The SMILES string of the molecule is CC1OC(=O)CC1(C)OC(=O)C(F)(F)S(=O)(=O)O. The summed E-state index contributed by atoms with van der Waals surface area (Å²) >= 11 is 0. The third-order valence-electron chi connectivity index (χ3n) is 2.55. The van der Waals surface area contributed by atoms with E-state index >= 15 is 0 Å². The van der Waals surface area contributed by atoms with E-state index in [-0.39, 0.29) is 0 Å². The summed E-state index contributed by atoms with van der Waals surface area (Å²) in [7, 11) is -5.93. The number of alkyl halides is 2. The summed E-state index contributed by atoms with van der Waals surface area (Å²) in [6.45, 7) is 2.43. The van der Waals surface area contributed by atoms with Gasteiger partial charge in [0.1, 0.15) is 6.10 Å². The number of cyclic esters (lactones) is 1. The Labute approximate surface area is 101 Å². The van der Waals surface area contributed by atoms with E-state index in [0.29, 0.717) is 0 Å². The standard InChI is InChI=1S/C8H10F2O7S/c1-4-7(2,3-5(11)16-4)17-6(12)8(9,10)18(13,14)15/h4H,3H2,1-2H3,(H,13,14,15). The molecular weight excluding hydrogens is 278 g/mol. The molecule has 0 aliphatic carbocycles. The van der Waals surface area contributed by atoms with Crippen molar-refractivity contribution in [2.75, 3.05) is 0 Å². The lowest BCUT2D eigenvalue weighted by molar-refractivity contribution is -0.180. The van der Waals surface area contributed by atoms with Crippen LogP contribution in [0, 0.1) is 0 Å². The lowest BCUT2D eigenvalue weighted by Crippen LogP contribution is -2.46. The van der Waals surface area contributed by atoms with Crippen LogP contribution in [-0.2, 0) is 29.2 Å². The van der Waals surface area contributed by atoms with Crippen LogP contribution < -0.4 is 0 Å². The van der Waals surface area contributed by atoms with Gasteiger partial charge < -0.3 is 9.47 Å². The fourth-order valence-corrected chi connectivity index (χ4v) is 1.54. The van der Waals surface area contributed by atoms with Crippen LogP contribution in [0.15, 0.2) is 0 Å². The van der Waals surface area contributed by atoms with E-state index in [9.17, 15) is 26.8 Å². The average molecular weight is 288 g/mol. The van der Waals surface area contributed by atoms with Gasteiger partial charge in [-0.25, -0.2) is 4.79 Å². The van der Waals surface area contributed by atoms with Gasteiger partial charge >= 0.3 is 27.3 Å². The van der Waals surface area contributed by atoms with Gasteiger partial charge in [0, 0.05) is 0 Å². The summed E-state index contributed by atoms with van der Waals surface area (Å²) < 4.78 is 63.6. The molecule has 18 heavy (non-hydrogen) atoms. The summed E-state index contributed by atoms with van der Waals surface area (Å²) in [4.78, 5) is 22.0. The van der Waals surface area contributed by atoms with Gasteiger partial charge in [0.15, 0.2) is 5.60 Å². The van der Waals surface area contributed by atoms with Crippen molar-refractivity contribution in [2.45, 2.75) is 37.2 Å². The zero-order valence-corrected chi connectivity index (χ0v) is 10.2. The van der Waals surface area contributed by atoms with Gasteiger partial charge in [-0.2, -0.15) is 17.2 Å². The summed E-state index contributed by atoms with van der Waals surface area (Å²) in [5.74, 6) is -3.23. The maximum atomic E-state index is 12.9. The number of carbonyl (C=O) groups excluding carboxylic acids is 2. The molecule has 0 amide bonds. The van der Waals surface area contributed by atoms with E-state index in [1.807, 2.05) is 0 Å². The number of carbonyl (C=O) groups is 2. The average Bonchev–Trinajstić information content (AvgIpc) is 2.37. The largest absolute Gasteiger partial charge is 0.465 e. The van der Waals surface area contributed by atoms with E-state index in [1.54, 1.807) is 0 Å². The van der Waals surface area contributed by atoms with Crippen LogP contribution in [0.4, 0.5) is 8.78 Å². The van der Waals surface area contributed by atoms with Gasteiger partial charge in [-0.3, -0.25) is 9.35 Å². The van der Waals surface area contributed by atoms with E-state index in [1.165, 1.54) is 6.92 Å². The van der Waals surface area contributed by atoms with Gasteiger partial charge in [0.05, 0.1) is 6.42 Å². The highest BCUT2D eigenvalue weighted by Crippen LogP contribution is 2.33. The van der Waals surface area contributed by atoms with Gasteiger partial charge in [0.2, 0.25) is 0 Å². The van der Waals surface area contributed by atoms with E-state index in [4.69, 9.17) is 4.55 Å². The molecule has 1 saturated heterocycles. The van der Waals surface area contributed by atoms with Gasteiger partial charge in [-0.15, -0.1) is 0 Å². The fraction of sp³-hybridized carbons (Fsp3) is 0.750. The summed E-state index contributed by atoms with van der Waals surface area (Å²) in [6.07, 6.45) is -1.49. The fourth-order valence-electron chi connectivity index (χ4n) is 1.29. The van der Waals surface area contributed by atoms with Crippen molar-refractivity contribution in [3.05, 3.63) is 0 Å². The predicted octanol–water partition coefficient (Wildman–Crippen LogP) is 0.104. The topological polar surface area (TPSA) is 107 Å². The molecular formula is C8H10F2O7S. The Morgan fingerprint density at radius 1 is 1.61 bits per heavy atom. The van der Waals surface area contributed by atoms with Crippen LogP contribution >= 0.6 is 0 Å². The zero-order chi connectivity index (χ0) is 14.4. The summed E-state index contributed by atoms with van der Waals surface area (Å²) in [5.41, 5.74) is -1.71. The Kier molecular flexibility index (Phi) is 3.38. The van der Waals surface area contributed by atoms with E-state index in [2.05, 4.69) is 9.47 Å². The second kappa shape index (κ2) is 4.12. The Morgan fingerprint density at radius 2 is 2.11 bits per heavy atom. The zero-order valence-electron chi connectivity index (χ0n) is 9.35. The van der Waals surface area contributed by atoms with Gasteiger partial charge in [0.25, 0.3) is 0 Å². The number of halogens is 2. The smallest absolute Gasteiger partial charge is 0.458 e. The Hall–Kier alpha value is -1.29. The first kappa shape index (κ1) is 14.8. The van der Waals surface area contributed by atoms with Crippen molar-refractivity contribution in [3.8, 4) is 0 Å². The van der Waals surface area contributed by atoms with E-state index in [0.717, 1.165) is 6.92 Å². The molecule has 1 N–H and O–H groups in total. The first-order valence-corrected chi connectivity index (χ1v) is 6.12. The Morgan fingerprint density at radius 3 is 2.44 bits per heavy atom. The molecule has 0 aromatic carbocycles. The molecule has 0 aromatic heterocycles. The van der Waals surface area contributed by atoms with Crippen LogP contribution in [0.5, 0.6) is 0 Å². The second-order valence-electron chi connectivity index (χ2n) is 4.00. The van der Waals surface area contributed by atoms with Gasteiger partial charge in [-0.05, 0) is 13.8 Å². The minimum absolute atomic E-state index is 0.485. The van der Waals surface area contributed by atoms with Crippen LogP contribution in [0.25, 0.3) is 0 Å². The van der Waals surface area contributed by atoms with Crippen molar-refractivity contribution in [1.82, 2.24) is 0 Å². The molecule has 1 heterocycles. The highest BCUT2D eigenvalue weighted by molar-refractivity contribution is 7.87. The van der Waals surface area contributed by atoms with Crippen molar-refractivity contribution in [3.63, 3.8) is 0 Å². The van der Waals surface area contributed by atoms with Gasteiger partial charge in [-0.1, -0.05) is 0 Å². The van der Waals surface area contributed by atoms with Crippen LogP contribution in [0.3, 0.4) is 0 Å². The Balaban J connectivity index is 2.93. The number of hydrogen-bond donors (Lipinski definition) is 1. The number of hydrogen-bond acceptors (Lipinski definition) is 6. The molecule has 1 aliphatic heterocycles. The maximum Gasteiger partial charge on any atom is 0.465 e. The molecule has 2 unspecified atom stereocenters. The molecule has 0 radical (unpaired) electrons. The molecule has 104 valence electrons. The monoisotopic (exact) mass is 288 g/mol. The molecule has 0 bridgehead atoms. The molecule has 0 spiro atoms. The summed E-state index contributed by atoms with van der Waals surface area (Å²) in [6, 6.07) is 0. The molecule has 1 fully saturated rings. The normalized spacial score (nSPS) is 28.9. The molecule has 7 nitrogen and oxygen atoms in total. The maximum absolute atomic E-state index is 12.9. The molecule has 1 aliphatic rings. The third-order valence-corrected chi connectivity index (χ3v) is 3.37.